The van der Waals surface area contributed by atoms with Crippen molar-refractivity contribution in [1.29, 1.82) is 0 Å². The summed E-state index contributed by atoms with van der Waals surface area (Å²) in [7, 11) is 0. The molecule has 134 valence electrons. The van der Waals surface area contributed by atoms with Crippen molar-refractivity contribution in [3.05, 3.63) is 35.9 Å². The molecule has 0 bridgehead atoms. The topological polar surface area (TPSA) is 74.2 Å². The number of hydrogen-bond acceptors (Lipinski definition) is 6. The first kappa shape index (κ1) is 17.6. The standard InChI is InChI=1S/C19H23NO5/c1-4-23-14-12-18(17(22)25-6-3)15(21)16(24-5-2)20-19(14,18)13-10-8-7-9-11-13/h7-11,14H,4-6,12H2,1-3H3/t14?,18-,19-/m1/s1. The van der Waals surface area contributed by atoms with Gasteiger partial charge in [0.1, 0.15) is 5.54 Å². The number of carbonyl (C=O) groups excluding carboxylic acids is 2. The summed E-state index contributed by atoms with van der Waals surface area (Å²) in [6.45, 7) is 6.35. The fraction of sp³-hybridized carbons (Fsp3) is 0.526. The number of hydrogen-bond donors (Lipinski definition) is 0. The Kier molecular flexibility index (Phi) is 4.64. The first-order valence-electron chi connectivity index (χ1n) is 8.70. The van der Waals surface area contributed by atoms with Gasteiger partial charge in [-0.3, -0.25) is 9.59 Å². The summed E-state index contributed by atoms with van der Waals surface area (Å²) in [6, 6.07) is 9.33. The van der Waals surface area contributed by atoms with Crippen LogP contribution in [0.15, 0.2) is 35.3 Å². The molecule has 1 aromatic carbocycles. The van der Waals surface area contributed by atoms with Gasteiger partial charge in [-0.2, -0.15) is 0 Å². The molecular formula is C19H23NO5. The van der Waals surface area contributed by atoms with Crippen LogP contribution in [0.2, 0.25) is 0 Å². The molecule has 25 heavy (non-hydrogen) atoms. The summed E-state index contributed by atoms with van der Waals surface area (Å²) in [4.78, 5) is 30.6. The molecule has 6 heteroatoms. The monoisotopic (exact) mass is 345 g/mol. The minimum atomic E-state index is -1.41. The zero-order chi connectivity index (χ0) is 18.1. The van der Waals surface area contributed by atoms with Crippen LogP contribution in [0.3, 0.4) is 0 Å². The van der Waals surface area contributed by atoms with Crippen LogP contribution < -0.4 is 0 Å². The zero-order valence-corrected chi connectivity index (χ0v) is 14.8. The lowest BCUT2D eigenvalue weighted by Crippen LogP contribution is -2.69. The maximum atomic E-state index is 13.1. The maximum Gasteiger partial charge on any atom is 0.323 e. The number of carbonyl (C=O) groups is 2. The van der Waals surface area contributed by atoms with Crippen LogP contribution in [0.25, 0.3) is 0 Å². The summed E-state index contributed by atoms with van der Waals surface area (Å²) in [5, 5.41) is 0. The van der Waals surface area contributed by atoms with E-state index in [4.69, 9.17) is 14.2 Å². The molecular weight excluding hydrogens is 322 g/mol. The Morgan fingerprint density at radius 2 is 1.88 bits per heavy atom. The second-order valence-corrected chi connectivity index (χ2v) is 6.09. The summed E-state index contributed by atoms with van der Waals surface area (Å²) in [5.74, 6) is -0.979. The lowest BCUT2D eigenvalue weighted by Gasteiger charge is -2.55. The first-order chi connectivity index (χ1) is 12.1. The van der Waals surface area contributed by atoms with Crippen molar-refractivity contribution < 1.29 is 23.8 Å². The lowest BCUT2D eigenvalue weighted by atomic mass is 9.50. The predicted molar refractivity (Wildman–Crippen MR) is 91.3 cm³/mol. The van der Waals surface area contributed by atoms with Crippen LogP contribution in [-0.4, -0.2) is 43.6 Å². The summed E-state index contributed by atoms with van der Waals surface area (Å²) < 4.78 is 16.6. The SMILES string of the molecule is CCOC(=O)[C@]12CC(OCC)[C@@]1(c1ccccc1)N=C(OCC)C2=O. The molecule has 0 spiro atoms. The highest BCUT2D eigenvalue weighted by molar-refractivity contribution is 6.45. The molecule has 1 saturated carbocycles. The predicted octanol–water partition coefficient (Wildman–Crippen LogP) is 2.26. The lowest BCUT2D eigenvalue weighted by molar-refractivity contribution is -0.195. The van der Waals surface area contributed by atoms with Gasteiger partial charge in [0.25, 0.3) is 5.90 Å². The highest BCUT2D eigenvalue weighted by atomic mass is 16.5. The van der Waals surface area contributed by atoms with Crippen LogP contribution in [0.1, 0.15) is 32.8 Å². The van der Waals surface area contributed by atoms with Gasteiger partial charge < -0.3 is 14.2 Å². The van der Waals surface area contributed by atoms with Gasteiger partial charge in [0.05, 0.1) is 19.3 Å². The Morgan fingerprint density at radius 3 is 2.48 bits per heavy atom. The Balaban J connectivity index is 2.19. The molecule has 0 amide bonds. The Morgan fingerprint density at radius 1 is 1.16 bits per heavy atom. The molecule has 1 unspecified atom stereocenters. The Bertz CT molecular complexity index is 701. The molecule has 1 heterocycles. The number of benzene rings is 1. The number of esters is 1. The van der Waals surface area contributed by atoms with E-state index in [0.717, 1.165) is 5.56 Å². The molecule has 1 fully saturated rings. The largest absolute Gasteiger partial charge is 0.476 e. The number of ketones is 1. The highest BCUT2D eigenvalue weighted by Gasteiger charge is 2.80. The van der Waals surface area contributed by atoms with Gasteiger partial charge in [-0.15, -0.1) is 0 Å². The van der Waals surface area contributed by atoms with Crippen LogP contribution in [0.4, 0.5) is 0 Å². The second-order valence-electron chi connectivity index (χ2n) is 6.09. The molecule has 2 aliphatic rings. The zero-order valence-electron chi connectivity index (χ0n) is 14.8. The summed E-state index contributed by atoms with van der Waals surface area (Å²) in [6.07, 6.45) is -0.140. The molecule has 0 saturated heterocycles. The minimum Gasteiger partial charge on any atom is -0.476 e. The summed E-state index contributed by atoms with van der Waals surface area (Å²) in [5.41, 5.74) is -1.77. The van der Waals surface area contributed by atoms with Crippen molar-refractivity contribution in [3.8, 4) is 0 Å². The molecule has 1 aliphatic heterocycles. The third-order valence-corrected chi connectivity index (χ3v) is 4.95. The third-order valence-electron chi connectivity index (χ3n) is 4.95. The van der Waals surface area contributed by atoms with E-state index in [1.807, 2.05) is 37.3 Å². The van der Waals surface area contributed by atoms with Crippen LogP contribution in [0.5, 0.6) is 0 Å². The molecule has 0 aromatic heterocycles. The van der Waals surface area contributed by atoms with Crippen LogP contribution >= 0.6 is 0 Å². The Labute approximate surface area is 147 Å². The summed E-state index contributed by atoms with van der Waals surface area (Å²) >= 11 is 0. The molecule has 6 nitrogen and oxygen atoms in total. The molecule has 3 rings (SSSR count). The number of Topliss-reactive ketones (excluding diaryl/α,β-unsaturated/α-hetero) is 1. The number of fused-ring (bicyclic) bond motifs is 1. The van der Waals surface area contributed by atoms with E-state index < -0.39 is 22.7 Å². The fourth-order valence-corrected chi connectivity index (χ4v) is 3.94. The minimum absolute atomic E-state index is 0.0124. The van der Waals surface area contributed by atoms with E-state index in [-0.39, 0.29) is 25.0 Å². The third kappa shape index (κ3) is 2.24. The van der Waals surface area contributed by atoms with Crippen molar-refractivity contribution in [3.63, 3.8) is 0 Å². The van der Waals surface area contributed by atoms with E-state index in [9.17, 15) is 9.59 Å². The van der Waals surface area contributed by atoms with Gasteiger partial charge in [0.15, 0.2) is 5.41 Å². The average molecular weight is 345 g/mol. The van der Waals surface area contributed by atoms with Crippen molar-refractivity contribution in [2.24, 2.45) is 10.4 Å². The molecule has 3 atom stereocenters. The number of rotatable bonds is 6. The van der Waals surface area contributed by atoms with E-state index in [2.05, 4.69) is 4.99 Å². The maximum absolute atomic E-state index is 13.1. The fourth-order valence-electron chi connectivity index (χ4n) is 3.94. The number of aliphatic imine (C=N–C) groups is 1. The molecule has 0 radical (unpaired) electrons. The van der Waals surface area contributed by atoms with E-state index >= 15 is 0 Å². The van der Waals surface area contributed by atoms with Crippen molar-refractivity contribution >= 4 is 17.7 Å². The number of ether oxygens (including phenoxy) is 3. The van der Waals surface area contributed by atoms with Crippen molar-refractivity contribution in [2.75, 3.05) is 19.8 Å². The van der Waals surface area contributed by atoms with Crippen molar-refractivity contribution in [2.45, 2.75) is 38.8 Å². The molecule has 1 aliphatic carbocycles. The first-order valence-corrected chi connectivity index (χ1v) is 8.70. The van der Waals surface area contributed by atoms with Crippen LogP contribution in [-0.2, 0) is 29.3 Å². The quantitative estimate of drug-likeness (QED) is 0.584. The average Bonchev–Trinajstić information content (AvgIpc) is 2.80. The molecule has 0 N–H and O–H groups in total. The van der Waals surface area contributed by atoms with E-state index in [1.165, 1.54) is 0 Å². The smallest absolute Gasteiger partial charge is 0.323 e. The van der Waals surface area contributed by atoms with Gasteiger partial charge in [-0.1, -0.05) is 30.3 Å². The van der Waals surface area contributed by atoms with Gasteiger partial charge in [0, 0.05) is 13.0 Å². The van der Waals surface area contributed by atoms with E-state index in [0.29, 0.717) is 13.2 Å². The van der Waals surface area contributed by atoms with Crippen LogP contribution in [0, 0.1) is 5.41 Å². The van der Waals surface area contributed by atoms with Gasteiger partial charge >= 0.3 is 5.97 Å². The van der Waals surface area contributed by atoms with Crippen molar-refractivity contribution in [1.82, 2.24) is 0 Å². The molecule has 1 aromatic rings. The normalized spacial score (nSPS) is 30.3. The van der Waals surface area contributed by atoms with Gasteiger partial charge in [-0.25, -0.2) is 4.99 Å². The van der Waals surface area contributed by atoms with E-state index in [1.54, 1.807) is 13.8 Å². The van der Waals surface area contributed by atoms with Gasteiger partial charge in [0.2, 0.25) is 5.78 Å². The van der Waals surface area contributed by atoms with Gasteiger partial charge in [-0.05, 0) is 26.3 Å². The second kappa shape index (κ2) is 6.59. The highest BCUT2D eigenvalue weighted by Crippen LogP contribution is 2.64. The Hall–Kier alpha value is -2.21. The number of nitrogens with zero attached hydrogens (tertiary/aromatic N) is 1.